The Morgan fingerprint density at radius 2 is 0.642 bits per heavy atom. The summed E-state index contributed by atoms with van der Waals surface area (Å²) in [6, 6.07) is 70.2. The standard InChI is InChI=1S/C22H20N4O2S.C22H22N4O2S.C16H17BrN4O2S.C16H17BrN4.C15H15BrN4/c1-29(27,28)18-11-9-17(10-12-18)24-21-13-20(16-5-3-2-4-6-16)25-22-19(15-7-8-15)14-23-26(21)22;1-15(2)19-14-23-26-21(24-17-9-11-18(12-10-17)29(3,27)28)13-20(25-22(19)26)16-7-5-4-6-8-16;1-10(2)14-8-15(21-16(20-14)13(17)9-18-21)19-11-4-6-12(7-5-11)24(3,22)23;1-16(2,3)13-9-14(19-11-7-5-4-6-8-11)21-15(20-13)12(17)10-18-21;1-10(2)13-8-14(18-11-6-4-3-5-7-11)20-15(19-13)12(16)9-17-20/h2-6,9-15,24H,7-8H2,1H3;4-15,24H,1-3H3;4-10,19H,1-3H3;4-10,19H,1-3H3;3-10,18H,1-2H3. The highest BCUT2D eigenvalue weighted by molar-refractivity contribution is 9.11. The summed E-state index contributed by atoms with van der Waals surface area (Å²) in [7, 11) is -9.66. The Kier molecular flexibility index (Phi) is 26.2. The molecule has 32 heteroatoms. The Labute approximate surface area is 739 Å². The Balaban J connectivity index is 0.000000126. The average Bonchev–Trinajstić information content (AvgIpc) is 1.64. The van der Waals surface area contributed by atoms with Gasteiger partial charge >= 0.3 is 0 Å². The van der Waals surface area contributed by atoms with Crippen molar-refractivity contribution in [3.63, 3.8) is 0 Å². The van der Waals surface area contributed by atoms with Crippen LogP contribution in [-0.2, 0) is 34.9 Å². The molecular formula is C91H91Br3N20O6S3. The lowest BCUT2D eigenvalue weighted by atomic mass is 9.92. The predicted octanol–water partition coefficient (Wildman–Crippen LogP) is 21.7. The van der Waals surface area contributed by atoms with Crippen molar-refractivity contribution in [1.82, 2.24) is 73.0 Å². The van der Waals surface area contributed by atoms with Gasteiger partial charge in [-0.15, -0.1) is 0 Å². The minimum Gasteiger partial charge on any atom is -0.340 e. The second kappa shape index (κ2) is 36.9. The molecule has 123 heavy (non-hydrogen) atoms. The maximum absolute atomic E-state index is 11.7. The zero-order chi connectivity index (χ0) is 87.2. The van der Waals surface area contributed by atoms with E-state index in [1.54, 1.807) is 100 Å². The number of aromatic nitrogens is 15. The molecule has 0 unspecified atom stereocenters. The molecule has 1 aliphatic rings. The monoisotopic (exact) mass is 1890 g/mol. The summed E-state index contributed by atoms with van der Waals surface area (Å²) < 4.78 is 81.5. The van der Waals surface area contributed by atoms with E-state index in [-0.39, 0.29) is 27.0 Å². The van der Waals surface area contributed by atoms with Crippen LogP contribution >= 0.6 is 47.8 Å². The summed E-state index contributed by atoms with van der Waals surface area (Å²) in [5, 5.41) is 39.0. The first-order valence-corrected chi connectivity index (χ1v) is 47.6. The summed E-state index contributed by atoms with van der Waals surface area (Å²) in [6.45, 7) is 19.1. The van der Waals surface area contributed by atoms with Crippen molar-refractivity contribution >= 4 is 163 Å². The third kappa shape index (κ3) is 21.2. The normalized spacial score (nSPS) is 12.3. The fourth-order valence-corrected chi connectivity index (χ4v) is 15.9. The van der Waals surface area contributed by atoms with Crippen molar-refractivity contribution in [2.24, 2.45) is 0 Å². The lowest BCUT2D eigenvalue weighted by Crippen LogP contribution is -2.15. The van der Waals surface area contributed by atoms with Crippen LogP contribution in [0.15, 0.2) is 284 Å². The lowest BCUT2D eigenvalue weighted by molar-refractivity contribution is 0.568. The minimum absolute atomic E-state index is 0.0292. The van der Waals surface area contributed by atoms with E-state index >= 15 is 0 Å². The van der Waals surface area contributed by atoms with Gasteiger partial charge in [-0.2, -0.15) is 48.1 Å². The number of anilines is 10. The summed E-state index contributed by atoms with van der Waals surface area (Å²) in [6.07, 6.45) is 14.9. The largest absolute Gasteiger partial charge is 0.340 e. The van der Waals surface area contributed by atoms with Gasteiger partial charge in [0, 0.05) is 117 Å². The zero-order valence-electron chi connectivity index (χ0n) is 69.5. The van der Waals surface area contributed by atoms with Gasteiger partial charge in [0.2, 0.25) is 0 Å². The molecule has 0 bridgehead atoms. The van der Waals surface area contributed by atoms with Gasteiger partial charge in [0.05, 0.1) is 76.2 Å². The second-order valence-electron chi connectivity index (χ2n) is 31.5. The van der Waals surface area contributed by atoms with E-state index in [4.69, 9.17) is 15.0 Å². The first-order valence-electron chi connectivity index (χ1n) is 39.5. The number of nitrogens with zero attached hydrogens (tertiary/aromatic N) is 15. The van der Waals surface area contributed by atoms with Gasteiger partial charge < -0.3 is 26.6 Å². The van der Waals surface area contributed by atoms with Crippen molar-refractivity contribution in [1.29, 1.82) is 0 Å². The van der Waals surface area contributed by atoms with Crippen LogP contribution in [0.1, 0.15) is 127 Å². The molecule has 10 heterocycles. The molecule has 0 amide bonds. The summed E-state index contributed by atoms with van der Waals surface area (Å²) >= 11 is 10.5. The van der Waals surface area contributed by atoms with Crippen LogP contribution in [0.25, 0.3) is 50.8 Å². The van der Waals surface area contributed by atoms with E-state index in [0.717, 1.165) is 144 Å². The maximum atomic E-state index is 11.7. The number of para-hydroxylation sites is 2. The molecule has 17 aromatic rings. The van der Waals surface area contributed by atoms with Gasteiger partial charge in [-0.1, -0.05) is 159 Å². The summed E-state index contributed by atoms with van der Waals surface area (Å²) in [4.78, 5) is 24.6. The topological polar surface area (TPSA) is 314 Å². The highest BCUT2D eigenvalue weighted by Gasteiger charge is 2.29. The van der Waals surface area contributed by atoms with E-state index in [2.05, 4.69) is 178 Å². The Morgan fingerprint density at radius 1 is 0.341 bits per heavy atom. The van der Waals surface area contributed by atoms with Crippen molar-refractivity contribution < 1.29 is 25.3 Å². The average molecular weight is 1900 g/mol. The molecular weight excluding hydrogens is 1810 g/mol. The smallest absolute Gasteiger partial charge is 0.175 e. The molecule has 0 saturated heterocycles. The molecule has 630 valence electrons. The summed E-state index contributed by atoms with van der Waals surface area (Å²) in [5.41, 5.74) is 17.4. The van der Waals surface area contributed by atoms with Crippen LogP contribution in [0.3, 0.4) is 0 Å². The number of halogens is 3. The molecule has 18 rings (SSSR count). The van der Waals surface area contributed by atoms with E-state index < -0.39 is 29.5 Å². The second-order valence-corrected chi connectivity index (χ2v) is 40.1. The SMILES string of the molecule is CC(C)(C)c1cc(Nc2ccccc2)n2ncc(Br)c2n1.CC(C)c1cc(Nc2ccc(S(C)(=O)=O)cc2)n2ncc(Br)c2n1.CC(C)c1cc(Nc2ccccc2)n2ncc(Br)c2n1.CC(C)c1cnn2c(Nc3ccc(S(C)(=O)=O)cc3)cc(-c3ccccc3)nc12.CS(=O)(=O)c1ccc(Nc2cc(-c3ccccc3)nc3c(C4CC4)cnn23)cc1. The van der Waals surface area contributed by atoms with Crippen LogP contribution in [0, 0.1) is 0 Å². The highest BCUT2D eigenvalue weighted by atomic mass is 79.9. The third-order valence-electron chi connectivity index (χ3n) is 19.8. The maximum Gasteiger partial charge on any atom is 0.175 e. The Bertz CT molecular complexity index is 6800. The Morgan fingerprint density at radius 3 is 0.984 bits per heavy atom. The number of hydrogen-bond donors (Lipinski definition) is 5. The number of benzene rings is 7. The molecule has 1 aliphatic carbocycles. The molecule has 1 fully saturated rings. The highest BCUT2D eigenvalue weighted by Crippen LogP contribution is 2.43. The first-order chi connectivity index (χ1) is 58.7. The van der Waals surface area contributed by atoms with E-state index in [1.165, 1.54) is 37.2 Å². The van der Waals surface area contributed by atoms with Crippen LogP contribution in [0.4, 0.5) is 57.5 Å². The molecule has 10 aromatic heterocycles. The molecule has 0 spiro atoms. The fraction of sp³-hybridized carbons (Fsp3) is 0.209. The fourth-order valence-electron chi connectivity index (χ4n) is 13.0. The van der Waals surface area contributed by atoms with Crippen molar-refractivity contribution in [2.75, 3.05) is 45.4 Å². The van der Waals surface area contributed by atoms with Gasteiger partial charge in [0.1, 0.15) is 29.1 Å². The van der Waals surface area contributed by atoms with Crippen LogP contribution in [0.2, 0.25) is 0 Å². The number of fused-ring (bicyclic) bond motifs is 5. The molecule has 0 atom stereocenters. The van der Waals surface area contributed by atoms with Crippen molar-refractivity contribution in [3.8, 4) is 22.5 Å². The van der Waals surface area contributed by atoms with Gasteiger partial charge in [-0.3, -0.25) is 0 Å². The molecule has 5 N–H and O–H groups in total. The van der Waals surface area contributed by atoms with E-state index in [9.17, 15) is 25.3 Å². The van der Waals surface area contributed by atoms with Gasteiger partial charge in [0.15, 0.2) is 57.7 Å². The van der Waals surface area contributed by atoms with Gasteiger partial charge in [-0.25, -0.2) is 50.2 Å². The predicted molar refractivity (Wildman–Crippen MR) is 500 cm³/mol. The molecule has 0 aliphatic heterocycles. The zero-order valence-corrected chi connectivity index (χ0v) is 76.7. The number of sulfone groups is 3. The van der Waals surface area contributed by atoms with Crippen molar-refractivity contribution in [2.45, 2.75) is 119 Å². The molecule has 26 nitrogen and oxygen atoms in total. The van der Waals surface area contributed by atoms with Crippen molar-refractivity contribution in [3.05, 3.63) is 297 Å². The minimum atomic E-state index is -3.23. The number of hydrogen-bond acceptors (Lipinski definition) is 21. The number of nitrogens with one attached hydrogen (secondary N) is 5. The van der Waals surface area contributed by atoms with E-state index in [1.807, 2.05) is 172 Å². The first kappa shape index (κ1) is 87.3. The van der Waals surface area contributed by atoms with E-state index in [0.29, 0.717) is 16.7 Å². The van der Waals surface area contributed by atoms with Gasteiger partial charge in [0.25, 0.3) is 0 Å². The Hall–Kier alpha value is -12.1. The quantitative estimate of drug-likeness (QED) is 0.0502. The third-order valence-corrected chi connectivity index (χ3v) is 24.9. The molecule has 1 saturated carbocycles. The van der Waals surface area contributed by atoms with Crippen LogP contribution in [-0.4, -0.2) is 117 Å². The summed E-state index contributed by atoms with van der Waals surface area (Å²) in [5.74, 6) is 5.57. The molecule has 0 radical (unpaired) electrons. The number of rotatable bonds is 19. The lowest BCUT2D eigenvalue weighted by Gasteiger charge is -2.19. The van der Waals surface area contributed by atoms with Crippen LogP contribution in [0.5, 0.6) is 0 Å². The van der Waals surface area contributed by atoms with Crippen LogP contribution < -0.4 is 26.6 Å². The molecule has 7 aromatic carbocycles. The van der Waals surface area contributed by atoms with Gasteiger partial charge in [-0.05, 0) is 181 Å².